The highest BCUT2D eigenvalue weighted by Crippen LogP contribution is 2.40. The summed E-state index contributed by atoms with van der Waals surface area (Å²) in [4.78, 5) is 0. The van der Waals surface area contributed by atoms with Crippen molar-refractivity contribution in [3.8, 4) is 0 Å². The Labute approximate surface area is 113 Å². The maximum Gasteiger partial charge on any atom is 0.248 e. The van der Waals surface area contributed by atoms with E-state index in [1.807, 2.05) is 11.8 Å². The van der Waals surface area contributed by atoms with Crippen molar-refractivity contribution in [2.24, 2.45) is 5.92 Å². The molecule has 2 aliphatic rings. The molecule has 18 heavy (non-hydrogen) atoms. The number of hydrogen-bond donors (Lipinski definition) is 1. The molecular weight excluding hydrogens is 252 g/mol. The van der Waals surface area contributed by atoms with Crippen LogP contribution < -0.4 is 5.32 Å². The topological polar surface area (TPSA) is 12.0 Å². The summed E-state index contributed by atoms with van der Waals surface area (Å²) in [5.74, 6) is -0.936. The summed E-state index contributed by atoms with van der Waals surface area (Å²) in [5, 5.41) is 4.19. The van der Waals surface area contributed by atoms with Crippen LogP contribution in [0.5, 0.6) is 0 Å². The fourth-order valence-corrected chi connectivity index (χ4v) is 4.79. The molecule has 1 saturated carbocycles. The van der Waals surface area contributed by atoms with Crippen molar-refractivity contribution in [1.82, 2.24) is 5.32 Å². The summed E-state index contributed by atoms with van der Waals surface area (Å²) in [6.45, 7) is 3.06. The normalized spacial score (nSPS) is 33.5. The van der Waals surface area contributed by atoms with Crippen molar-refractivity contribution in [3.63, 3.8) is 0 Å². The third kappa shape index (κ3) is 4.09. The van der Waals surface area contributed by atoms with Gasteiger partial charge in [-0.05, 0) is 50.3 Å². The molecule has 3 unspecified atom stereocenters. The highest BCUT2D eigenvalue weighted by atomic mass is 32.2. The molecule has 1 saturated heterocycles. The van der Waals surface area contributed by atoms with Crippen molar-refractivity contribution in [3.05, 3.63) is 0 Å². The Kier molecular flexibility index (Phi) is 5.31. The Balaban J connectivity index is 1.87. The van der Waals surface area contributed by atoms with Gasteiger partial charge in [-0.15, -0.1) is 0 Å². The zero-order valence-corrected chi connectivity index (χ0v) is 12.1. The first-order valence-electron chi connectivity index (χ1n) is 7.33. The fourth-order valence-electron chi connectivity index (χ4n) is 3.38. The molecule has 1 aliphatic carbocycles. The second-order valence-corrected chi connectivity index (χ2v) is 7.12. The summed E-state index contributed by atoms with van der Waals surface area (Å²) in [5.41, 5.74) is 0. The Morgan fingerprint density at radius 3 is 2.78 bits per heavy atom. The highest BCUT2D eigenvalue weighted by Gasteiger charge is 2.38. The van der Waals surface area contributed by atoms with Gasteiger partial charge in [0.1, 0.15) is 0 Å². The summed E-state index contributed by atoms with van der Waals surface area (Å²) >= 11 is 2.03. The Hall–Kier alpha value is 0.170. The SMILES string of the molecule is CCNC(CC1CCCC(F)(F)C1)C1CCCS1. The van der Waals surface area contributed by atoms with Gasteiger partial charge < -0.3 is 5.32 Å². The number of thioether (sulfide) groups is 1. The van der Waals surface area contributed by atoms with Crippen molar-refractivity contribution < 1.29 is 8.78 Å². The smallest absolute Gasteiger partial charge is 0.248 e. The maximum absolute atomic E-state index is 13.4. The largest absolute Gasteiger partial charge is 0.313 e. The van der Waals surface area contributed by atoms with Crippen LogP contribution in [-0.4, -0.2) is 29.5 Å². The molecular formula is C14H25F2NS. The lowest BCUT2D eigenvalue weighted by atomic mass is 9.82. The number of nitrogens with one attached hydrogen (secondary N) is 1. The van der Waals surface area contributed by atoms with Crippen LogP contribution in [0.4, 0.5) is 8.78 Å². The van der Waals surface area contributed by atoms with Gasteiger partial charge in [-0.3, -0.25) is 0 Å². The highest BCUT2D eigenvalue weighted by molar-refractivity contribution is 8.00. The number of hydrogen-bond acceptors (Lipinski definition) is 2. The molecule has 1 aliphatic heterocycles. The second-order valence-electron chi connectivity index (χ2n) is 5.77. The predicted molar refractivity (Wildman–Crippen MR) is 74.5 cm³/mol. The third-order valence-electron chi connectivity index (χ3n) is 4.21. The van der Waals surface area contributed by atoms with E-state index in [0.29, 0.717) is 17.7 Å². The fraction of sp³-hybridized carbons (Fsp3) is 1.00. The second kappa shape index (κ2) is 6.56. The standard InChI is InChI=1S/C14H25F2NS/c1-2-17-12(13-6-4-8-18-13)9-11-5-3-7-14(15,16)10-11/h11-13,17H,2-10H2,1H3. The monoisotopic (exact) mass is 277 g/mol. The van der Waals surface area contributed by atoms with E-state index in [2.05, 4.69) is 12.2 Å². The van der Waals surface area contributed by atoms with Gasteiger partial charge in [-0.25, -0.2) is 8.78 Å². The zero-order chi connectivity index (χ0) is 13.0. The molecule has 0 spiro atoms. The molecule has 1 nitrogen and oxygen atoms in total. The van der Waals surface area contributed by atoms with Gasteiger partial charge in [0.15, 0.2) is 0 Å². The van der Waals surface area contributed by atoms with Gasteiger partial charge in [0, 0.05) is 24.1 Å². The van der Waals surface area contributed by atoms with E-state index in [9.17, 15) is 8.78 Å². The van der Waals surface area contributed by atoms with Crippen LogP contribution in [0.1, 0.15) is 51.9 Å². The lowest BCUT2D eigenvalue weighted by Crippen LogP contribution is -2.40. The summed E-state index contributed by atoms with van der Waals surface area (Å²) in [7, 11) is 0. The van der Waals surface area contributed by atoms with Crippen LogP contribution in [0, 0.1) is 5.92 Å². The molecule has 2 fully saturated rings. The van der Waals surface area contributed by atoms with Crippen molar-refractivity contribution in [2.45, 2.75) is 69.1 Å². The molecule has 106 valence electrons. The molecule has 0 aromatic rings. The van der Waals surface area contributed by atoms with Crippen LogP contribution in [0.2, 0.25) is 0 Å². The van der Waals surface area contributed by atoms with Gasteiger partial charge >= 0.3 is 0 Å². The zero-order valence-electron chi connectivity index (χ0n) is 11.3. The molecule has 0 radical (unpaired) electrons. The van der Waals surface area contributed by atoms with Crippen LogP contribution in [0.25, 0.3) is 0 Å². The third-order valence-corrected chi connectivity index (χ3v) is 5.73. The van der Waals surface area contributed by atoms with Crippen LogP contribution in [-0.2, 0) is 0 Å². The van der Waals surface area contributed by atoms with Crippen molar-refractivity contribution >= 4 is 11.8 Å². The quantitative estimate of drug-likeness (QED) is 0.813. The minimum absolute atomic E-state index is 0.105. The van der Waals surface area contributed by atoms with E-state index in [1.165, 1.54) is 18.6 Å². The lowest BCUT2D eigenvalue weighted by molar-refractivity contribution is -0.0547. The van der Waals surface area contributed by atoms with Crippen molar-refractivity contribution in [2.75, 3.05) is 12.3 Å². The minimum Gasteiger partial charge on any atom is -0.313 e. The van der Waals surface area contributed by atoms with Crippen molar-refractivity contribution in [1.29, 1.82) is 0 Å². The van der Waals surface area contributed by atoms with E-state index in [4.69, 9.17) is 0 Å². The Morgan fingerprint density at radius 1 is 1.33 bits per heavy atom. The van der Waals surface area contributed by atoms with E-state index in [1.54, 1.807) is 0 Å². The van der Waals surface area contributed by atoms with Gasteiger partial charge in [-0.2, -0.15) is 11.8 Å². The molecule has 1 N–H and O–H groups in total. The first kappa shape index (κ1) is 14.6. The van der Waals surface area contributed by atoms with E-state index >= 15 is 0 Å². The molecule has 2 rings (SSSR count). The molecule has 0 aromatic carbocycles. The van der Waals surface area contributed by atoms with E-state index in [0.717, 1.165) is 19.4 Å². The van der Waals surface area contributed by atoms with Gasteiger partial charge in [-0.1, -0.05) is 6.92 Å². The first-order chi connectivity index (χ1) is 8.61. The lowest BCUT2D eigenvalue weighted by Gasteiger charge is -2.33. The van der Waals surface area contributed by atoms with Gasteiger partial charge in [0.05, 0.1) is 0 Å². The van der Waals surface area contributed by atoms with E-state index < -0.39 is 5.92 Å². The van der Waals surface area contributed by atoms with Crippen LogP contribution in [0.3, 0.4) is 0 Å². The molecule has 1 heterocycles. The van der Waals surface area contributed by atoms with Crippen LogP contribution >= 0.6 is 11.8 Å². The molecule has 0 bridgehead atoms. The summed E-state index contributed by atoms with van der Waals surface area (Å²) in [6, 6.07) is 0.446. The number of alkyl halides is 2. The maximum atomic E-state index is 13.4. The van der Waals surface area contributed by atoms with Gasteiger partial charge in [0.25, 0.3) is 0 Å². The minimum atomic E-state index is -2.40. The van der Waals surface area contributed by atoms with E-state index in [-0.39, 0.29) is 18.8 Å². The van der Waals surface area contributed by atoms with Gasteiger partial charge in [0.2, 0.25) is 5.92 Å². The molecule has 3 atom stereocenters. The number of halogens is 2. The number of rotatable bonds is 5. The summed E-state index contributed by atoms with van der Waals surface area (Å²) < 4.78 is 26.9. The first-order valence-corrected chi connectivity index (χ1v) is 8.38. The molecule has 0 aromatic heterocycles. The Morgan fingerprint density at radius 2 is 2.17 bits per heavy atom. The van der Waals surface area contributed by atoms with Crippen LogP contribution in [0.15, 0.2) is 0 Å². The average molecular weight is 277 g/mol. The average Bonchev–Trinajstić information content (AvgIpc) is 2.80. The summed E-state index contributed by atoms with van der Waals surface area (Å²) in [6.07, 6.45) is 5.41. The Bertz CT molecular complexity index is 254. The molecule has 0 amide bonds. The molecule has 4 heteroatoms. The predicted octanol–water partition coefficient (Wildman–Crippen LogP) is 4.08.